The van der Waals surface area contributed by atoms with Crippen molar-refractivity contribution in [2.75, 3.05) is 6.61 Å². The van der Waals surface area contributed by atoms with Crippen molar-refractivity contribution in [2.45, 2.75) is 37.8 Å². The van der Waals surface area contributed by atoms with Crippen LogP contribution in [0.1, 0.15) is 41.8 Å². The summed E-state index contributed by atoms with van der Waals surface area (Å²) in [6.45, 7) is 9.90. The van der Waals surface area contributed by atoms with E-state index in [0.717, 1.165) is 21.6 Å². The van der Waals surface area contributed by atoms with E-state index >= 15 is 0 Å². The third-order valence-corrected chi connectivity index (χ3v) is 7.20. The molecule has 0 N–H and O–H groups in total. The second kappa shape index (κ2) is 11.1. The van der Waals surface area contributed by atoms with Gasteiger partial charge in [-0.2, -0.15) is 0 Å². The average Bonchev–Trinajstić information content (AvgIpc) is 2.82. The Balaban J connectivity index is 1.78. The van der Waals surface area contributed by atoms with E-state index in [1.807, 2.05) is 56.3 Å². The molecule has 0 atom stereocenters. The largest absolute Gasteiger partial charge is 0.489 e. The molecule has 0 heterocycles. The van der Waals surface area contributed by atoms with Gasteiger partial charge in [-0.15, -0.1) is 0 Å². The van der Waals surface area contributed by atoms with Gasteiger partial charge in [-0.1, -0.05) is 74.2 Å². The Hall–Kier alpha value is -3.44. The molecular weight excluding hydrogens is 444 g/mol. The van der Waals surface area contributed by atoms with Crippen molar-refractivity contribution in [1.82, 2.24) is 0 Å². The molecule has 0 aliphatic carbocycles. The fourth-order valence-electron chi connectivity index (χ4n) is 3.64. The molecule has 0 aromatic heterocycles. The normalized spacial score (nSPS) is 12.6. The summed E-state index contributed by atoms with van der Waals surface area (Å²) in [7, 11) is -3.67. The zero-order valence-electron chi connectivity index (χ0n) is 19.9. The molecule has 0 bridgehead atoms. The minimum absolute atomic E-state index is 0.0547. The van der Waals surface area contributed by atoms with Crippen LogP contribution in [0.25, 0.3) is 12.7 Å². The lowest BCUT2D eigenvalue weighted by Gasteiger charge is -2.13. The van der Waals surface area contributed by atoms with Crippen molar-refractivity contribution in [3.8, 4) is 5.75 Å². The Morgan fingerprint density at radius 2 is 1.76 bits per heavy atom. The van der Waals surface area contributed by atoms with Gasteiger partial charge in [0.1, 0.15) is 12.4 Å². The van der Waals surface area contributed by atoms with Crippen LogP contribution in [0.3, 0.4) is 0 Å². The van der Waals surface area contributed by atoms with E-state index in [0.29, 0.717) is 29.9 Å². The smallest absolute Gasteiger partial charge is 0.182 e. The maximum atomic E-state index is 13.2. The lowest BCUT2D eigenvalue weighted by Crippen LogP contribution is -2.21. The predicted octanol–water partition coefficient (Wildman–Crippen LogP) is 4.78. The van der Waals surface area contributed by atoms with Gasteiger partial charge >= 0.3 is 0 Å². The quantitative estimate of drug-likeness (QED) is 0.419. The second-order valence-electron chi connectivity index (χ2n) is 8.29. The molecule has 3 rings (SSSR count). The first kappa shape index (κ1) is 25.2. The molecule has 0 radical (unpaired) electrons. The predicted molar refractivity (Wildman–Crippen MR) is 138 cm³/mol. The molecule has 0 amide bonds. The molecule has 4 nitrogen and oxygen atoms in total. The van der Waals surface area contributed by atoms with Gasteiger partial charge in [-0.05, 0) is 59.2 Å². The fourth-order valence-corrected chi connectivity index (χ4v) is 5.04. The molecule has 3 aromatic carbocycles. The zero-order valence-corrected chi connectivity index (χ0v) is 20.7. The SMILES string of the molecule is C=c1cccc/c1=C/C=C(\C)COc1cccc(S(=O)(=O)Cc2cccc(C)c2C(=O)CC)c1. The van der Waals surface area contributed by atoms with Gasteiger partial charge in [0.15, 0.2) is 15.6 Å². The maximum Gasteiger partial charge on any atom is 0.182 e. The molecular formula is C29H30O4S. The number of allylic oxidation sites excluding steroid dienone is 1. The standard InChI is InChI=1S/C29H30O4S/c1-5-28(30)29-23(4)11-8-13-25(29)20-34(31,32)27-15-9-14-26(18-27)33-19-21(2)16-17-24-12-7-6-10-22(24)3/h6-18H,3,5,19-20H2,1-2,4H3/b21-16+,24-17-. The van der Waals surface area contributed by atoms with E-state index in [1.54, 1.807) is 37.3 Å². The Labute approximate surface area is 201 Å². The van der Waals surface area contributed by atoms with Crippen LogP contribution < -0.4 is 15.2 Å². The van der Waals surface area contributed by atoms with Crippen LogP contribution in [-0.4, -0.2) is 20.8 Å². The molecule has 34 heavy (non-hydrogen) atoms. The highest BCUT2D eigenvalue weighted by molar-refractivity contribution is 7.90. The molecule has 0 unspecified atom stereocenters. The third kappa shape index (κ3) is 6.33. The minimum Gasteiger partial charge on any atom is -0.489 e. The number of ketones is 1. The first-order chi connectivity index (χ1) is 16.2. The van der Waals surface area contributed by atoms with Crippen LogP contribution >= 0.6 is 0 Å². The molecule has 0 aliphatic heterocycles. The van der Waals surface area contributed by atoms with Crippen LogP contribution in [0.5, 0.6) is 5.75 Å². The van der Waals surface area contributed by atoms with Crippen molar-refractivity contribution in [1.29, 1.82) is 0 Å². The number of Topliss-reactive ketones (excluding diaryl/α,β-unsaturated/α-hetero) is 1. The number of hydrogen-bond donors (Lipinski definition) is 0. The van der Waals surface area contributed by atoms with Gasteiger partial charge in [0, 0.05) is 12.0 Å². The molecule has 0 spiro atoms. The van der Waals surface area contributed by atoms with E-state index in [1.165, 1.54) is 6.07 Å². The third-order valence-electron chi connectivity index (χ3n) is 5.54. The maximum absolute atomic E-state index is 13.2. The monoisotopic (exact) mass is 474 g/mol. The fraction of sp³-hybridized carbons (Fsp3) is 0.207. The van der Waals surface area contributed by atoms with Gasteiger partial charge in [-0.3, -0.25) is 4.79 Å². The highest BCUT2D eigenvalue weighted by atomic mass is 32.2. The van der Waals surface area contributed by atoms with Crippen LogP contribution in [0.4, 0.5) is 0 Å². The Kier molecular flexibility index (Phi) is 8.24. The molecule has 0 saturated heterocycles. The number of rotatable bonds is 9. The van der Waals surface area contributed by atoms with Crippen molar-refractivity contribution in [3.05, 3.63) is 106 Å². The summed E-state index contributed by atoms with van der Waals surface area (Å²) in [5.74, 6) is 0.179. The summed E-state index contributed by atoms with van der Waals surface area (Å²) in [5, 5.41) is 1.98. The highest BCUT2D eigenvalue weighted by Crippen LogP contribution is 2.25. The van der Waals surface area contributed by atoms with Crippen molar-refractivity contribution in [3.63, 3.8) is 0 Å². The van der Waals surface area contributed by atoms with Crippen molar-refractivity contribution >= 4 is 28.3 Å². The van der Waals surface area contributed by atoms with Gasteiger partial charge in [0.05, 0.1) is 10.6 Å². The summed E-state index contributed by atoms with van der Waals surface area (Å²) in [6.07, 6.45) is 4.28. The molecule has 176 valence electrons. The lowest BCUT2D eigenvalue weighted by molar-refractivity contribution is 0.0987. The van der Waals surface area contributed by atoms with Crippen molar-refractivity contribution < 1.29 is 17.9 Å². The molecule has 0 fully saturated rings. The summed E-state index contributed by atoms with van der Waals surface area (Å²) in [6, 6.07) is 19.7. The number of ether oxygens (including phenoxy) is 1. The van der Waals surface area contributed by atoms with E-state index in [2.05, 4.69) is 6.58 Å². The van der Waals surface area contributed by atoms with Gasteiger partial charge in [0.25, 0.3) is 0 Å². The van der Waals surface area contributed by atoms with E-state index in [-0.39, 0.29) is 16.4 Å². The van der Waals surface area contributed by atoms with Crippen LogP contribution in [0.15, 0.2) is 83.3 Å². The lowest BCUT2D eigenvalue weighted by atomic mass is 9.98. The Morgan fingerprint density at radius 1 is 1.03 bits per heavy atom. The minimum atomic E-state index is -3.67. The Morgan fingerprint density at radius 3 is 2.50 bits per heavy atom. The number of sulfone groups is 1. The number of carbonyl (C=O) groups excluding carboxylic acids is 1. The van der Waals surface area contributed by atoms with Crippen LogP contribution in [0, 0.1) is 6.92 Å². The van der Waals surface area contributed by atoms with Crippen LogP contribution in [0.2, 0.25) is 0 Å². The van der Waals surface area contributed by atoms with Crippen molar-refractivity contribution in [2.24, 2.45) is 0 Å². The van der Waals surface area contributed by atoms with Gasteiger partial charge < -0.3 is 4.74 Å². The molecule has 5 heteroatoms. The first-order valence-corrected chi connectivity index (χ1v) is 12.9. The highest BCUT2D eigenvalue weighted by Gasteiger charge is 2.21. The average molecular weight is 475 g/mol. The molecule has 0 saturated carbocycles. The molecule has 0 aliphatic rings. The number of benzene rings is 3. The second-order valence-corrected chi connectivity index (χ2v) is 10.3. The summed E-state index contributed by atoms with van der Waals surface area (Å²) < 4.78 is 32.2. The van der Waals surface area contributed by atoms with Gasteiger partial charge in [-0.25, -0.2) is 8.42 Å². The number of carbonyl (C=O) groups is 1. The summed E-state index contributed by atoms with van der Waals surface area (Å²) in [4.78, 5) is 12.6. The topological polar surface area (TPSA) is 60.4 Å². The van der Waals surface area contributed by atoms with E-state index < -0.39 is 9.84 Å². The summed E-state index contributed by atoms with van der Waals surface area (Å²) in [5.41, 5.74) is 2.80. The zero-order chi connectivity index (χ0) is 24.7. The van der Waals surface area contributed by atoms with Gasteiger partial charge in [0.2, 0.25) is 0 Å². The first-order valence-electron chi connectivity index (χ1n) is 11.2. The number of aryl methyl sites for hydroxylation is 1. The summed E-state index contributed by atoms with van der Waals surface area (Å²) >= 11 is 0. The van der Waals surface area contributed by atoms with Crippen LogP contribution in [-0.2, 0) is 15.6 Å². The van der Waals surface area contributed by atoms with E-state index in [4.69, 9.17) is 4.74 Å². The van der Waals surface area contributed by atoms with E-state index in [9.17, 15) is 13.2 Å². The molecule has 3 aromatic rings. The number of hydrogen-bond acceptors (Lipinski definition) is 4. The Bertz CT molecular complexity index is 1430.